The number of nitrogens with one attached hydrogen (secondary N) is 1. The summed E-state index contributed by atoms with van der Waals surface area (Å²) in [7, 11) is 1.71. The molecule has 2 heteroatoms. The summed E-state index contributed by atoms with van der Waals surface area (Å²) in [6.07, 6.45) is 0. The second-order valence-electron chi connectivity index (χ2n) is 4.06. The third-order valence-electron chi connectivity index (χ3n) is 2.94. The summed E-state index contributed by atoms with van der Waals surface area (Å²) in [5.74, 6) is 0.909. The molecule has 3 aromatic rings. The van der Waals surface area contributed by atoms with Gasteiger partial charge < -0.3 is 9.72 Å². The predicted molar refractivity (Wildman–Crippen MR) is 67.1 cm³/mol. The zero-order valence-corrected chi connectivity index (χ0v) is 9.37. The summed E-state index contributed by atoms with van der Waals surface area (Å²) in [6, 6.07) is 12.6. The molecule has 2 nitrogen and oxygen atoms in total. The van der Waals surface area contributed by atoms with Crippen LogP contribution in [0.25, 0.3) is 21.8 Å². The van der Waals surface area contributed by atoms with Gasteiger partial charge in [-0.2, -0.15) is 0 Å². The normalized spacial score (nSPS) is 11.1. The van der Waals surface area contributed by atoms with Crippen molar-refractivity contribution in [3.8, 4) is 5.75 Å². The monoisotopic (exact) mass is 211 g/mol. The lowest BCUT2D eigenvalue weighted by molar-refractivity contribution is 0.419. The molecule has 0 fully saturated rings. The van der Waals surface area contributed by atoms with Gasteiger partial charge in [-0.15, -0.1) is 0 Å². The van der Waals surface area contributed by atoms with Crippen LogP contribution in [0.1, 0.15) is 5.56 Å². The number of hydrogen-bond donors (Lipinski definition) is 1. The van der Waals surface area contributed by atoms with Crippen molar-refractivity contribution in [3.05, 3.63) is 42.0 Å². The molecule has 0 aliphatic carbocycles. The van der Waals surface area contributed by atoms with E-state index in [0.29, 0.717) is 0 Å². The molecule has 0 radical (unpaired) electrons. The highest BCUT2D eigenvalue weighted by Gasteiger charge is 2.08. The van der Waals surface area contributed by atoms with Crippen molar-refractivity contribution >= 4 is 21.8 Å². The maximum atomic E-state index is 5.41. The molecule has 16 heavy (non-hydrogen) atoms. The molecular weight excluding hydrogens is 198 g/mol. The third kappa shape index (κ3) is 1.20. The molecule has 0 atom stereocenters. The molecule has 2 aromatic carbocycles. The summed E-state index contributed by atoms with van der Waals surface area (Å²) in [5.41, 5.74) is 3.45. The van der Waals surface area contributed by atoms with Crippen LogP contribution in [0.15, 0.2) is 36.4 Å². The minimum absolute atomic E-state index is 0.909. The number of aromatic amines is 1. The molecule has 1 aromatic heterocycles. The predicted octanol–water partition coefficient (Wildman–Crippen LogP) is 3.64. The molecule has 0 aliphatic heterocycles. The van der Waals surface area contributed by atoms with Crippen molar-refractivity contribution in [2.45, 2.75) is 6.92 Å². The molecule has 0 unspecified atom stereocenters. The van der Waals surface area contributed by atoms with Gasteiger partial charge in [-0.3, -0.25) is 0 Å². The molecule has 1 N–H and O–H groups in total. The molecule has 80 valence electrons. The summed E-state index contributed by atoms with van der Waals surface area (Å²) >= 11 is 0. The van der Waals surface area contributed by atoms with E-state index in [4.69, 9.17) is 4.74 Å². The van der Waals surface area contributed by atoms with Crippen LogP contribution in [0.4, 0.5) is 0 Å². The molecule has 0 saturated carbocycles. The van der Waals surface area contributed by atoms with Crippen LogP contribution in [0, 0.1) is 6.92 Å². The second kappa shape index (κ2) is 3.27. The van der Waals surface area contributed by atoms with Crippen LogP contribution in [0.5, 0.6) is 5.75 Å². The fraction of sp³-hybridized carbons (Fsp3) is 0.143. The van der Waals surface area contributed by atoms with Gasteiger partial charge in [0.25, 0.3) is 0 Å². The highest BCUT2D eigenvalue weighted by molar-refractivity contribution is 6.09. The average Bonchev–Trinajstić information content (AvgIpc) is 2.67. The molecule has 3 rings (SSSR count). The van der Waals surface area contributed by atoms with Crippen molar-refractivity contribution in [1.29, 1.82) is 0 Å². The lowest BCUT2D eigenvalue weighted by Crippen LogP contribution is -1.85. The highest BCUT2D eigenvalue weighted by atomic mass is 16.5. The van der Waals surface area contributed by atoms with Gasteiger partial charge >= 0.3 is 0 Å². The first-order valence-corrected chi connectivity index (χ1v) is 5.34. The maximum absolute atomic E-state index is 5.41. The van der Waals surface area contributed by atoms with Crippen LogP contribution < -0.4 is 4.74 Å². The Morgan fingerprint density at radius 3 is 2.69 bits per heavy atom. The minimum Gasteiger partial charge on any atom is -0.495 e. The molecule has 1 heterocycles. The fourth-order valence-corrected chi connectivity index (χ4v) is 2.22. The maximum Gasteiger partial charge on any atom is 0.143 e. The van der Waals surface area contributed by atoms with E-state index in [-0.39, 0.29) is 0 Å². The summed E-state index contributed by atoms with van der Waals surface area (Å²) < 4.78 is 5.41. The SMILES string of the molecule is COc1cc(C)cc2c1[nH]c1ccccc12. The first-order chi connectivity index (χ1) is 7.79. The van der Waals surface area contributed by atoms with E-state index in [1.165, 1.54) is 16.3 Å². The van der Waals surface area contributed by atoms with Crippen LogP contribution in [-0.4, -0.2) is 12.1 Å². The van der Waals surface area contributed by atoms with E-state index in [0.717, 1.165) is 16.8 Å². The summed E-state index contributed by atoms with van der Waals surface area (Å²) in [4.78, 5) is 3.40. The zero-order valence-electron chi connectivity index (χ0n) is 9.37. The van der Waals surface area contributed by atoms with Gasteiger partial charge in [0.1, 0.15) is 5.75 Å². The molecule has 0 aliphatic rings. The van der Waals surface area contributed by atoms with Crippen molar-refractivity contribution < 1.29 is 4.74 Å². The Bertz CT molecular complexity index is 667. The molecule has 0 saturated heterocycles. The Hall–Kier alpha value is -1.96. The van der Waals surface area contributed by atoms with E-state index < -0.39 is 0 Å². The number of para-hydroxylation sites is 1. The molecule has 0 spiro atoms. The average molecular weight is 211 g/mol. The standard InChI is InChI=1S/C14H13NO/c1-9-7-11-10-5-3-4-6-12(10)15-14(11)13(8-9)16-2/h3-8,15H,1-2H3. The Labute approximate surface area is 93.8 Å². The van der Waals surface area contributed by atoms with E-state index >= 15 is 0 Å². The van der Waals surface area contributed by atoms with Crippen molar-refractivity contribution in [2.24, 2.45) is 0 Å². The van der Waals surface area contributed by atoms with Crippen molar-refractivity contribution in [1.82, 2.24) is 4.98 Å². The molecule has 0 bridgehead atoms. The number of aryl methyl sites for hydroxylation is 1. The number of ether oxygens (including phenoxy) is 1. The van der Waals surface area contributed by atoms with Gasteiger partial charge in [0.05, 0.1) is 12.6 Å². The van der Waals surface area contributed by atoms with Gasteiger partial charge in [0.15, 0.2) is 0 Å². The second-order valence-corrected chi connectivity index (χ2v) is 4.06. The van der Waals surface area contributed by atoms with Crippen molar-refractivity contribution in [3.63, 3.8) is 0 Å². The van der Waals surface area contributed by atoms with Gasteiger partial charge in [-0.05, 0) is 30.7 Å². The number of methoxy groups -OCH3 is 1. The van der Waals surface area contributed by atoms with Gasteiger partial charge in [-0.25, -0.2) is 0 Å². The quantitative estimate of drug-likeness (QED) is 0.653. The fourth-order valence-electron chi connectivity index (χ4n) is 2.22. The number of rotatable bonds is 1. The topological polar surface area (TPSA) is 25.0 Å². The largest absolute Gasteiger partial charge is 0.495 e. The van der Waals surface area contributed by atoms with Gasteiger partial charge in [0, 0.05) is 16.3 Å². The summed E-state index contributed by atoms with van der Waals surface area (Å²) in [5, 5.41) is 2.48. The van der Waals surface area contributed by atoms with Crippen LogP contribution in [-0.2, 0) is 0 Å². The van der Waals surface area contributed by atoms with E-state index in [1.807, 2.05) is 6.07 Å². The Kier molecular flexibility index (Phi) is 1.90. The Balaban J connectivity index is 2.54. The van der Waals surface area contributed by atoms with E-state index in [9.17, 15) is 0 Å². The summed E-state index contributed by atoms with van der Waals surface area (Å²) in [6.45, 7) is 2.09. The van der Waals surface area contributed by atoms with Crippen LogP contribution in [0.2, 0.25) is 0 Å². The number of aromatic nitrogens is 1. The first kappa shape index (κ1) is 9.28. The lowest BCUT2D eigenvalue weighted by atomic mass is 10.1. The van der Waals surface area contributed by atoms with E-state index in [2.05, 4.69) is 42.2 Å². The Morgan fingerprint density at radius 2 is 1.88 bits per heavy atom. The van der Waals surface area contributed by atoms with Crippen molar-refractivity contribution in [2.75, 3.05) is 7.11 Å². The van der Waals surface area contributed by atoms with E-state index in [1.54, 1.807) is 7.11 Å². The number of H-pyrrole nitrogens is 1. The number of hydrogen-bond acceptors (Lipinski definition) is 1. The number of benzene rings is 2. The third-order valence-corrected chi connectivity index (χ3v) is 2.94. The lowest BCUT2D eigenvalue weighted by Gasteiger charge is -2.03. The van der Waals surface area contributed by atoms with Crippen LogP contribution >= 0.6 is 0 Å². The minimum atomic E-state index is 0.909. The van der Waals surface area contributed by atoms with Crippen LogP contribution in [0.3, 0.4) is 0 Å². The molecular formula is C14H13NO. The Morgan fingerprint density at radius 1 is 1.06 bits per heavy atom. The first-order valence-electron chi connectivity index (χ1n) is 5.34. The van der Waals surface area contributed by atoms with Gasteiger partial charge in [-0.1, -0.05) is 18.2 Å². The number of fused-ring (bicyclic) bond motifs is 3. The molecule has 0 amide bonds. The highest BCUT2D eigenvalue weighted by Crippen LogP contribution is 2.32. The zero-order chi connectivity index (χ0) is 11.1. The van der Waals surface area contributed by atoms with Gasteiger partial charge in [0.2, 0.25) is 0 Å². The smallest absolute Gasteiger partial charge is 0.143 e.